The van der Waals surface area contributed by atoms with E-state index < -0.39 is 23.7 Å². The Bertz CT molecular complexity index is 990. The fourth-order valence-electron chi connectivity index (χ4n) is 3.28. The Morgan fingerprint density at radius 1 is 0.906 bits per heavy atom. The molecule has 0 N–H and O–H groups in total. The van der Waals surface area contributed by atoms with Gasteiger partial charge in [0.1, 0.15) is 17.5 Å². The molecule has 1 amide bonds. The monoisotopic (exact) mass is 443 g/mol. The van der Waals surface area contributed by atoms with Gasteiger partial charge in [-0.2, -0.15) is 0 Å². The first-order valence-corrected chi connectivity index (χ1v) is 10.2. The van der Waals surface area contributed by atoms with Gasteiger partial charge in [-0.25, -0.2) is 0 Å². The summed E-state index contributed by atoms with van der Waals surface area (Å²) < 4.78 is 21.1. The summed E-state index contributed by atoms with van der Waals surface area (Å²) in [5, 5.41) is 0. The van der Waals surface area contributed by atoms with Gasteiger partial charge in [0, 0.05) is 24.6 Å². The van der Waals surface area contributed by atoms with E-state index in [2.05, 4.69) is 13.8 Å². The van der Waals surface area contributed by atoms with Gasteiger partial charge in [0.05, 0.1) is 27.0 Å². The third-order valence-electron chi connectivity index (χ3n) is 4.71. The van der Waals surface area contributed by atoms with Crippen molar-refractivity contribution in [2.24, 2.45) is 0 Å². The molecule has 0 radical (unpaired) electrons. The number of ether oxygens (including phenoxy) is 4. The lowest BCUT2D eigenvalue weighted by molar-refractivity contribution is -0.143. The van der Waals surface area contributed by atoms with Gasteiger partial charge in [-0.3, -0.25) is 19.3 Å². The van der Waals surface area contributed by atoms with Crippen LogP contribution in [-0.4, -0.2) is 39.0 Å². The number of hydrogen-bond donors (Lipinski definition) is 0. The Morgan fingerprint density at radius 2 is 1.44 bits per heavy atom. The highest BCUT2D eigenvalue weighted by atomic mass is 16.6. The summed E-state index contributed by atoms with van der Waals surface area (Å²) in [6.45, 7) is 7.35. The van der Waals surface area contributed by atoms with Gasteiger partial charge in [0.15, 0.2) is 11.5 Å². The Balaban J connectivity index is 0.00000114. The maximum Gasteiger partial charge on any atom is 0.308 e. The van der Waals surface area contributed by atoms with E-state index in [1.54, 1.807) is 24.3 Å². The fourth-order valence-corrected chi connectivity index (χ4v) is 3.28. The van der Waals surface area contributed by atoms with Gasteiger partial charge < -0.3 is 18.9 Å². The number of anilines is 1. The predicted octanol–water partition coefficient (Wildman–Crippen LogP) is 4.02. The van der Waals surface area contributed by atoms with E-state index in [1.165, 1.54) is 45.6 Å². The molecule has 1 atom stereocenters. The van der Waals surface area contributed by atoms with E-state index in [0.717, 1.165) is 5.56 Å². The van der Waals surface area contributed by atoms with E-state index in [-0.39, 0.29) is 5.75 Å². The topological polar surface area (TPSA) is 91.4 Å². The molecular formula is C24H29NO7. The van der Waals surface area contributed by atoms with Gasteiger partial charge in [-0.15, -0.1) is 0 Å². The lowest BCUT2D eigenvalue weighted by Gasteiger charge is -2.39. The summed E-state index contributed by atoms with van der Waals surface area (Å²) in [4.78, 5) is 37.6. The van der Waals surface area contributed by atoms with E-state index in [1.807, 2.05) is 6.92 Å². The van der Waals surface area contributed by atoms with Crippen molar-refractivity contribution < 1.29 is 33.3 Å². The number of benzene rings is 2. The van der Waals surface area contributed by atoms with Crippen LogP contribution in [0.2, 0.25) is 0 Å². The van der Waals surface area contributed by atoms with Crippen molar-refractivity contribution in [3.63, 3.8) is 0 Å². The third-order valence-corrected chi connectivity index (χ3v) is 4.71. The number of rotatable bonds is 6. The zero-order valence-electron chi connectivity index (χ0n) is 19.5. The van der Waals surface area contributed by atoms with Crippen LogP contribution < -0.4 is 23.8 Å². The van der Waals surface area contributed by atoms with Gasteiger partial charge in [0.2, 0.25) is 5.78 Å². The first kappa shape index (κ1) is 24.7. The number of amides is 1. The maximum atomic E-state index is 12.4. The zero-order valence-corrected chi connectivity index (χ0v) is 19.5. The largest absolute Gasteiger partial charge is 0.496 e. The molecule has 0 unspecified atom stereocenters. The van der Waals surface area contributed by atoms with Crippen LogP contribution in [0, 0.1) is 6.92 Å². The van der Waals surface area contributed by atoms with Crippen LogP contribution in [0.1, 0.15) is 44.4 Å². The molecule has 0 bridgehead atoms. The van der Waals surface area contributed by atoms with Crippen LogP contribution >= 0.6 is 0 Å². The molecule has 3 rings (SSSR count). The van der Waals surface area contributed by atoms with Crippen molar-refractivity contribution in [2.45, 2.75) is 40.2 Å². The highest BCUT2D eigenvalue weighted by molar-refractivity contribution is 6.51. The number of carbonyl (C=O) groups excluding carboxylic acids is 3. The smallest absolute Gasteiger partial charge is 0.308 e. The van der Waals surface area contributed by atoms with Crippen molar-refractivity contribution in [1.82, 2.24) is 0 Å². The zero-order chi connectivity index (χ0) is 24.0. The third kappa shape index (κ3) is 4.85. The predicted molar refractivity (Wildman–Crippen MR) is 120 cm³/mol. The van der Waals surface area contributed by atoms with Crippen molar-refractivity contribution in [3.8, 4) is 23.0 Å². The van der Waals surface area contributed by atoms with Crippen LogP contribution in [0.4, 0.5) is 5.69 Å². The number of Topliss-reactive ketones (excluding diaryl/α,β-unsaturated/α-hetero) is 1. The van der Waals surface area contributed by atoms with E-state index >= 15 is 0 Å². The summed E-state index contributed by atoms with van der Waals surface area (Å²) in [7, 11) is 4.47. The lowest BCUT2D eigenvalue weighted by Crippen LogP contribution is -2.56. The molecule has 1 heterocycles. The minimum Gasteiger partial charge on any atom is -0.496 e. The summed E-state index contributed by atoms with van der Waals surface area (Å²) in [5.74, 6) is -0.173. The number of esters is 1. The second-order valence-corrected chi connectivity index (χ2v) is 7.13. The van der Waals surface area contributed by atoms with E-state index in [4.69, 9.17) is 18.9 Å². The van der Waals surface area contributed by atoms with Crippen LogP contribution in [-0.2, 0) is 14.4 Å². The first-order chi connectivity index (χ1) is 15.2. The van der Waals surface area contributed by atoms with Gasteiger partial charge >= 0.3 is 5.97 Å². The molecule has 1 fully saturated rings. The Morgan fingerprint density at radius 3 is 1.91 bits per heavy atom. The molecular weight excluding hydrogens is 414 g/mol. The summed E-state index contributed by atoms with van der Waals surface area (Å²) in [6, 6.07) is 7.23. The highest BCUT2D eigenvalue weighted by Crippen LogP contribution is 2.43. The molecule has 172 valence electrons. The van der Waals surface area contributed by atoms with Crippen LogP contribution in [0.5, 0.6) is 23.0 Å². The average Bonchev–Trinajstić information content (AvgIpc) is 2.77. The Labute approximate surface area is 188 Å². The molecule has 0 aromatic heterocycles. The number of ketones is 1. The fraction of sp³-hybridized carbons (Fsp3) is 0.375. The second-order valence-electron chi connectivity index (χ2n) is 7.13. The highest BCUT2D eigenvalue weighted by Gasteiger charge is 2.48. The van der Waals surface area contributed by atoms with Gasteiger partial charge in [0.25, 0.3) is 5.91 Å². The van der Waals surface area contributed by atoms with Crippen LogP contribution in [0.3, 0.4) is 0 Å². The van der Waals surface area contributed by atoms with Crippen molar-refractivity contribution in [2.75, 3.05) is 26.2 Å². The van der Waals surface area contributed by atoms with Gasteiger partial charge in [-0.05, 0) is 24.6 Å². The average molecular weight is 443 g/mol. The second kappa shape index (κ2) is 10.7. The number of methoxy groups -OCH3 is 3. The SMILES string of the molecule is CCC.COc1ccc([C@H]2C(=O)C(=O)N2c2cc(OC)c(C)c(OC)c2)cc1OC(C)=O. The molecule has 0 spiro atoms. The van der Waals surface area contributed by atoms with Gasteiger partial charge in [-0.1, -0.05) is 26.3 Å². The minimum atomic E-state index is -0.861. The minimum absolute atomic E-state index is 0.170. The number of carbonyl (C=O) groups is 3. The normalized spacial score (nSPS) is 14.7. The van der Waals surface area contributed by atoms with Crippen molar-refractivity contribution in [3.05, 3.63) is 41.5 Å². The maximum absolute atomic E-state index is 12.4. The number of hydrogen-bond acceptors (Lipinski definition) is 7. The molecule has 1 aliphatic heterocycles. The summed E-state index contributed by atoms with van der Waals surface area (Å²) in [5.41, 5.74) is 1.73. The molecule has 8 nitrogen and oxygen atoms in total. The molecule has 8 heteroatoms. The number of nitrogens with zero attached hydrogens (tertiary/aromatic N) is 1. The van der Waals surface area contributed by atoms with Crippen LogP contribution in [0.25, 0.3) is 0 Å². The summed E-state index contributed by atoms with van der Waals surface area (Å²) in [6.07, 6.45) is 1.25. The van der Waals surface area contributed by atoms with Crippen LogP contribution in [0.15, 0.2) is 30.3 Å². The molecule has 0 aliphatic carbocycles. The molecule has 0 saturated carbocycles. The molecule has 2 aromatic rings. The Kier molecular flexibility index (Phi) is 8.23. The van der Waals surface area contributed by atoms with Crippen molar-refractivity contribution >= 4 is 23.3 Å². The van der Waals surface area contributed by atoms with E-state index in [0.29, 0.717) is 28.5 Å². The Hall–Kier alpha value is -3.55. The molecule has 1 aliphatic rings. The standard InChI is InChI=1S/C21H21NO7.C3H8/c1-11-16(27-4)9-14(10-17(11)28-5)22-19(20(24)21(22)25)13-6-7-15(26-3)18(8-13)29-12(2)23;1-3-2/h6-10,19H,1-5H3;3H2,1-2H3/t19-;/m0./s1. The molecule has 32 heavy (non-hydrogen) atoms. The quantitative estimate of drug-likeness (QED) is 0.288. The molecule has 2 aromatic carbocycles. The first-order valence-electron chi connectivity index (χ1n) is 10.2. The lowest BCUT2D eigenvalue weighted by atomic mass is 9.91. The van der Waals surface area contributed by atoms with Crippen molar-refractivity contribution in [1.29, 1.82) is 0 Å². The molecule has 1 saturated heterocycles. The summed E-state index contributed by atoms with van der Waals surface area (Å²) >= 11 is 0. The number of β-lactam (4-membered cyclic amide) rings is 1. The van der Waals surface area contributed by atoms with E-state index in [9.17, 15) is 14.4 Å².